The molecule has 5 nitrogen and oxygen atoms in total. The number of hydrogen-bond donors (Lipinski definition) is 1. The molecule has 2 unspecified atom stereocenters. The van der Waals surface area contributed by atoms with Gasteiger partial charge in [0.15, 0.2) is 0 Å². The monoisotopic (exact) mass is 297 g/mol. The van der Waals surface area contributed by atoms with Crippen molar-refractivity contribution in [2.75, 3.05) is 13.7 Å². The molecule has 1 N–H and O–H groups in total. The lowest BCUT2D eigenvalue weighted by Gasteiger charge is -2.23. The molecule has 0 radical (unpaired) electrons. The Labute approximate surface area is 122 Å². The van der Waals surface area contributed by atoms with Gasteiger partial charge in [-0.05, 0) is 24.6 Å². The Morgan fingerprint density at radius 1 is 1.45 bits per heavy atom. The maximum Gasteiger partial charge on any atom is 0.328 e. The Morgan fingerprint density at radius 3 is 2.80 bits per heavy atom. The minimum absolute atomic E-state index is 0.116. The summed E-state index contributed by atoms with van der Waals surface area (Å²) in [5, 5.41) is 10.2. The molecule has 1 heterocycles. The van der Waals surface area contributed by atoms with E-state index in [1.807, 2.05) is 0 Å². The van der Waals surface area contributed by atoms with Crippen LogP contribution in [0.25, 0.3) is 0 Å². The van der Waals surface area contributed by atoms with Gasteiger partial charge in [-0.3, -0.25) is 4.79 Å². The lowest BCUT2D eigenvalue weighted by Crippen LogP contribution is -2.41. The predicted molar refractivity (Wildman–Crippen MR) is 73.7 cm³/mol. The molecule has 2 atom stereocenters. The number of nitrogens with zero attached hydrogens (tertiary/aromatic N) is 1. The third-order valence-electron chi connectivity index (χ3n) is 3.44. The van der Waals surface area contributed by atoms with Crippen molar-refractivity contribution in [3.63, 3.8) is 0 Å². The Kier molecular flexibility index (Phi) is 4.30. The van der Waals surface area contributed by atoms with E-state index in [-0.39, 0.29) is 18.9 Å². The lowest BCUT2D eigenvalue weighted by atomic mass is 10.1. The Balaban J connectivity index is 2.31. The standard InChI is InChI=1S/C14H16ClNO4/c1-8-3-4-9(15)5-11(8)13(18)16-7-10(17)6-12(16)14(19)20-2/h3-5,10,12,17H,6-7H2,1-2H3. The maximum atomic E-state index is 12.5. The number of carbonyl (C=O) groups is 2. The molecule has 0 spiro atoms. The van der Waals surface area contributed by atoms with E-state index in [9.17, 15) is 14.7 Å². The summed E-state index contributed by atoms with van der Waals surface area (Å²) in [6, 6.07) is 4.26. The van der Waals surface area contributed by atoms with Crippen molar-refractivity contribution in [2.24, 2.45) is 0 Å². The van der Waals surface area contributed by atoms with Crippen molar-refractivity contribution >= 4 is 23.5 Å². The largest absolute Gasteiger partial charge is 0.467 e. The summed E-state index contributed by atoms with van der Waals surface area (Å²) < 4.78 is 4.68. The highest BCUT2D eigenvalue weighted by molar-refractivity contribution is 6.31. The Bertz CT molecular complexity index is 546. The van der Waals surface area contributed by atoms with Gasteiger partial charge in [0.05, 0.1) is 13.2 Å². The molecule has 1 fully saturated rings. The number of β-amino-alcohol motifs (C(OH)–C–C–N with tert-alkyl or cyclic N) is 1. The smallest absolute Gasteiger partial charge is 0.328 e. The number of rotatable bonds is 2. The summed E-state index contributed by atoms with van der Waals surface area (Å²) in [6.07, 6.45) is -0.527. The highest BCUT2D eigenvalue weighted by atomic mass is 35.5. The highest BCUT2D eigenvalue weighted by Crippen LogP contribution is 2.24. The number of halogens is 1. The van der Waals surface area contributed by atoms with E-state index < -0.39 is 18.1 Å². The molecule has 108 valence electrons. The van der Waals surface area contributed by atoms with Crippen LogP contribution < -0.4 is 0 Å². The van der Waals surface area contributed by atoms with E-state index in [1.54, 1.807) is 25.1 Å². The third-order valence-corrected chi connectivity index (χ3v) is 3.68. The van der Waals surface area contributed by atoms with Crippen LogP contribution in [0.2, 0.25) is 5.02 Å². The maximum absolute atomic E-state index is 12.5. The number of aliphatic hydroxyl groups excluding tert-OH is 1. The predicted octanol–water partition coefficient (Wildman–Crippen LogP) is 1.40. The number of aryl methyl sites for hydroxylation is 1. The normalized spacial score (nSPS) is 21.9. The minimum atomic E-state index is -0.749. The first-order chi connectivity index (χ1) is 9.43. The highest BCUT2D eigenvalue weighted by Gasteiger charge is 2.40. The van der Waals surface area contributed by atoms with Crippen LogP contribution >= 0.6 is 11.6 Å². The molecule has 0 aliphatic carbocycles. The zero-order valence-corrected chi connectivity index (χ0v) is 12.1. The molecule has 0 bridgehead atoms. The van der Waals surface area contributed by atoms with Crippen LogP contribution in [0.3, 0.4) is 0 Å². The second kappa shape index (κ2) is 5.81. The molecule has 6 heteroatoms. The average molecular weight is 298 g/mol. The topological polar surface area (TPSA) is 66.8 Å². The fourth-order valence-corrected chi connectivity index (χ4v) is 2.55. The quantitative estimate of drug-likeness (QED) is 0.838. The van der Waals surface area contributed by atoms with Gasteiger partial charge < -0.3 is 14.7 Å². The van der Waals surface area contributed by atoms with E-state index in [0.717, 1.165) is 5.56 Å². The van der Waals surface area contributed by atoms with Gasteiger partial charge in [-0.25, -0.2) is 4.79 Å². The molecule has 0 aromatic heterocycles. The number of amides is 1. The lowest BCUT2D eigenvalue weighted by molar-refractivity contribution is -0.145. The zero-order valence-electron chi connectivity index (χ0n) is 11.3. The van der Waals surface area contributed by atoms with Gasteiger partial charge in [0.25, 0.3) is 5.91 Å². The molecule has 1 aliphatic rings. The summed E-state index contributed by atoms with van der Waals surface area (Å²) in [5.41, 5.74) is 1.20. The SMILES string of the molecule is COC(=O)C1CC(O)CN1C(=O)c1cc(Cl)ccc1C. The van der Waals surface area contributed by atoms with Crippen LogP contribution in [0.5, 0.6) is 0 Å². The second-order valence-corrected chi connectivity index (χ2v) is 5.28. The van der Waals surface area contributed by atoms with Crippen LogP contribution in [0.15, 0.2) is 18.2 Å². The first-order valence-electron chi connectivity index (χ1n) is 6.27. The summed E-state index contributed by atoms with van der Waals surface area (Å²) >= 11 is 5.91. The van der Waals surface area contributed by atoms with Gasteiger partial charge in [0.1, 0.15) is 6.04 Å². The summed E-state index contributed by atoms with van der Waals surface area (Å²) in [7, 11) is 1.26. The van der Waals surface area contributed by atoms with E-state index in [0.29, 0.717) is 10.6 Å². The van der Waals surface area contributed by atoms with Gasteiger partial charge in [0, 0.05) is 23.6 Å². The van der Waals surface area contributed by atoms with Gasteiger partial charge in [-0.1, -0.05) is 17.7 Å². The molecule has 1 amide bonds. The fraction of sp³-hybridized carbons (Fsp3) is 0.429. The van der Waals surface area contributed by atoms with Crippen molar-refractivity contribution in [3.8, 4) is 0 Å². The van der Waals surface area contributed by atoms with Crippen LogP contribution in [-0.4, -0.2) is 47.7 Å². The van der Waals surface area contributed by atoms with Crippen molar-refractivity contribution < 1.29 is 19.4 Å². The summed E-state index contributed by atoms with van der Waals surface area (Å²) in [5.74, 6) is -0.841. The van der Waals surface area contributed by atoms with Crippen molar-refractivity contribution in [2.45, 2.75) is 25.5 Å². The number of hydrogen-bond acceptors (Lipinski definition) is 4. The molecule has 1 aromatic rings. The fourth-order valence-electron chi connectivity index (χ4n) is 2.38. The number of aliphatic hydroxyl groups is 1. The first kappa shape index (κ1) is 14.8. The van der Waals surface area contributed by atoms with Gasteiger partial charge in [-0.2, -0.15) is 0 Å². The van der Waals surface area contributed by atoms with E-state index in [2.05, 4.69) is 4.74 Å². The molecule has 1 aromatic carbocycles. The van der Waals surface area contributed by atoms with Crippen LogP contribution in [0.4, 0.5) is 0 Å². The van der Waals surface area contributed by atoms with Crippen molar-refractivity contribution in [3.05, 3.63) is 34.3 Å². The van der Waals surface area contributed by atoms with E-state index >= 15 is 0 Å². The van der Waals surface area contributed by atoms with Crippen molar-refractivity contribution in [1.29, 1.82) is 0 Å². The van der Waals surface area contributed by atoms with Gasteiger partial charge in [0.2, 0.25) is 0 Å². The zero-order chi connectivity index (χ0) is 14.9. The van der Waals surface area contributed by atoms with Crippen LogP contribution in [0, 0.1) is 6.92 Å². The van der Waals surface area contributed by atoms with Crippen molar-refractivity contribution in [1.82, 2.24) is 4.90 Å². The number of benzene rings is 1. The number of esters is 1. The first-order valence-corrected chi connectivity index (χ1v) is 6.65. The average Bonchev–Trinajstić information content (AvgIpc) is 2.82. The minimum Gasteiger partial charge on any atom is -0.467 e. The number of carbonyl (C=O) groups excluding carboxylic acids is 2. The third kappa shape index (κ3) is 2.78. The molecule has 1 aliphatic heterocycles. The van der Waals surface area contributed by atoms with Gasteiger partial charge >= 0.3 is 5.97 Å². The summed E-state index contributed by atoms with van der Waals surface area (Å²) in [6.45, 7) is 1.91. The number of likely N-dealkylation sites (tertiary alicyclic amines) is 1. The number of ether oxygens (including phenoxy) is 1. The second-order valence-electron chi connectivity index (χ2n) is 4.85. The summed E-state index contributed by atoms with van der Waals surface area (Å²) in [4.78, 5) is 25.6. The molecule has 20 heavy (non-hydrogen) atoms. The molecule has 2 rings (SSSR count). The molecular formula is C14H16ClNO4. The van der Waals surface area contributed by atoms with Gasteiger partial charge in [-0.15, -0.1) is 0 Å². The Morgan fingerprint density at radius 2 is 2.15 bits per heavy atom. The van der Waals surface area contributed by atoms with E-state index in [4.69, 9.17) is 11.6 Å². The van der Waals surface area contributed by atoms with Crippen LogP contribution in [-0.2, 0) is 9.53 Å². The molecular weight excluding hydrogens is 282 g/mol. The molecule has 1 saturated heterocycles. The van der Waals surface area contributed by atoms with Crippen LogP contribution in [0.1, 0.15) is 22.3 Å². The number of methoxy groups -OCH3 is 1. The molecule has 0 saturated carbocycles. The van der Waals surface area contributed by atoms with E-state index in [1.165, 1.54) is 12.0 Å². The Hall–Kier alpha value is -1.59.